The van der Waals surface area contributed by atoms with Gasteiger partial charge in [0.1, 0.15) is 5.52 Å². The number of aromatic nitrogens is 1. The van der Waals surface area contributed by atoms with Crippen molar-refractivity contribution in [2.45, 2.75) is 11.8 Å². The molecule has 1 aromatic heterocycles. The fourth-order valence-corrected chi connectivity index (χ4v) is 4.42. The molecular formula is C20H21N3O4S. The van der Waals surface area contributed by atoms with Gasteiger partial charge in [0.25, 0.3) is 11.9 Å². The van der Waals surface area contributed by atoms with E-state index >= 15 is 0 Å². The first kappa shape index (κ1) is 18.5. The molecule has 1 fully saturated rings. The highest BCUT2D eigenvalue weighted by molar-refractivity contribution is 7.91. The number of amides is 1. The summed E-state index contributed by atoms with van der Waals surface area (Å²) >= 11 is 0. The van der Waals surface area contributed by atoms with Gasteiger partial charge in [-0.2, -0.15) is 4.98 Å². The second-order valence-corrected chi connectivity index (χ2v) is 8.89. The molecule has 0 N–H and O–H groups in total. The van der Waals surface area contributed by atoms with Crippen LogP contribution in [0.2, 0.25) is 0 Å². The number of hydrogen-bond acceptors (Lipinski definition) is 6. The maximum Gasteiger partial charge on any atom is 0.298 e. The summed E-state index contributed by atoms with van der Waals surface area (Å²) in [4.78, 5) is 21.3. The quantitative estimate of drug-likeness (QED) is 0.671. The van der Waals surface area contributed by atoms with Crippen LogP contribution in [0.1, 0.15) is 17.3 Å². The molecule has 0 aliphatic carbocycles. The predicted molar refractivity (Wildman–Crippen MR) is 106 cm³/mol. The van der Waals surface area contributed by atoms with Gasteiger partial charge in [-0.15, -0.1) is 0 Å². The van der Waals surface area contributed by atoms with Gasteiger partial charge in [-0.05, 0) is 24.3 Å². The first-order valence-corrected chi connectivity index (χ1v) is 10.9. The smallest absolute Gasteiger partial charge is 0.298 e. The highest BCUT2D eigenvalue weighted by Crippen LogP contribution is 2.24. The Balaban J connectivity index is 1.50. The Kier molecular flexibility index (Phi) is 4.80. The molecule has 8 heteroatoms. The minimum Gasteiger partial charge on any atom is -0.423 e. The number of sulfone groups is 1. The van der Waals surface area contributed by atoms with Crippen molar-refractivity contribution in [1.29, 1.82) is 0 Å². The van der Waals surface area contributed by atoms with Gasteiger partial charge in [0.05, 0.1) is 16.2 Å². The molecule has 1 aliphatic rings. The average Bonchev–Trinajstić information content (AvgIpc) is 3.17. The molecule has 3 aromatic rings. The lowest BCUT2D eigenvalue weighted by molar-refractivity contribution is 0.0741. The van der Waals surface area contributed by atoms with Gasteiger partial charge in [-0.25, -0.2) is 8.42 Å². The number of rotatable bonds is 4. The number of piperazine rings is 1. The van der Waals surface area contributed by atoms with Crippen LogP contribution in [0.5, 0.6) is 0 Å². The van der Waals surface area contributed by atoms with Crippen molar-refractivity contribution in [2.75, 3.05) is 36.8 Å². The normalized spacial score (nSPS) is 15.2. The lowest BCUT2D eigenvalue weighted by Gasteiger charge is -2.34. The van der Waals surface area contributed by atoms with Gasteiger partial charge < -0.3 is 14.2 Å². The van der Waals surface area contributed by atoms with Crippen LogP contribution in [0, 0.1) is 0 Å². The Labute approximate surface area is 163 Å². The third-order valence-corrected chi connectivity index (χ3v) is 6.74. The average molecular weight is 399 g/mol. The number of oxazole rings is 1. The number of carbonyl (C=O) groups excluding carboxylic acids is 1. The van der Waals surface area contributed by atoms with Gasteiger partial charge >= 0.3 is 0 Å². The minimum atomic E-state index is -3.46. The Hall–Kier alpha value is -2.87. The minimum absolute atomic E-state index is 0.0389. The van der Waals surface area contributed by atoms with Gasteiger partial charge in [0.15, 0.2) is 15.4 Å². The second kappa shape index (κ2) is 7.27. The number of hydrogen-bond donors (Lipinski definition) is 0. The highest BCUT2D eigenvalue weighted by Gasteiger charge is 2.28. The lowest BCUT2D eigenvalue weighted by Crippen LogP contribution is -2.49. The first-order chi connectivity index (χ1) is 13.5. The number of fused-ring (bicyclic) bond motifs is 1. The van der Waals surface area contributed by atoms with Crippen molar-refractivity contribution >= 4 is 32.9 Å². The zero-order valence-electron chi connectivity index (χ0n) is 15.5. The maximum atomic E-state index is 13.0. The number of para-hydroxylation sites is 2. The van der Waals surface area contributed by atoms with Crippen LogP contribution in [0.3, 0.4) is 0 Å². The van der Waals surface area contributed by atoms with E-state index in [0.717, 1.165) is 11.1 Å². The SMILES string of the molecule is CCS(=O)(=O)c1ccccc1C(=O)N1CCN(c2nc3ccccc3o2)CC1. The van der Waals surface area contributed by atoms with Crippen molar-refractivity contribution in [1.82, 2.24) is 9.88 Å². The van der Waals surface area contributed by atoms with E-state index in [1.54, 1.807) is 30.0 Å². The van der Waals surface area contributed by atoms with E-state index in [-0.39, 0.29) is 22.1 Å². The summed E-state index contributed by atoms with van der Waals surface area (Å²) in [5.74, 6) is -0.298. The van der Waals surface area contributed by atoms with Crippen LogP contribution in [0.15, 0.2) is 57.8 Å². The lowest BCUT2D eigenvalue weighted by atomic mass is 10.2. The molecule has 0 saturated carbocycles. The van der Waals surface area contributed by atoms with Gasteiger partial charge in [-0.3, -0.25) is 4.79 Å². The molecule has 2 heterocycles. The molecule has 0 unspecified atom stereocenters. The molecule has 2 aromatic carbocycles. The van der Waals surface area contributed by atoms with Crippen molar-refractivity contribution < 1.29 is 17.6 Å². The number of benzene rings is 2. The van der Waals surface area contributed by atoms with Crippen LogP contribution >= 0.6 is 0 Å². The zero-order chi connectivity index (χ0) is 19.7. The monoisotopic (exact) mass is 399 g/mol. The van der Waals surface area contributed by atoms with Gasteiger partial charge in [0.2, 0.25) is 0 Å². The standard InChI is InChI=1S/C20H21N3O4S/c1-2-28(25,26)18-10-6-3-7-15(18)19(24)22-11-13-23(14-12-22)20-21-16-8-4-5-9-17(16)27-20/h3-10H,2,11-14H2,1H3. The fourth-order valence-electron chi connectivity index (χ4n) is 3.34. The summed E-state index contributed by atoms with van der Waals surface area (Å²) in [6.45, 7) is 3.66. The largest absolute Gasteiger partial charge is 0.423 e. The highest BCUT2D eigenvalue weighted by atomic mass is 32.2. The Morgan fingerprint density at radius 2 is 1.71 bits per heavy atom. The van der Waals surface area contributed by atoms with E-state index < -0.39 is 9.84 Å². The first-order valence-electron chi connectivity index (χ1n) is 9.21. The summed E-state index contributed by atoms with van der Waals surface area (Å²) in [6, 6.07) is 14.5. The van der Waals surface area contributed by atoms with Crippen molar-refractivity contribution in [3.05, 3.63) is 54.1 Å². The third kappa shape index (κ3) is 3.35. The van der Waals surface area contributed by atoms with Crippen molar-refractivity contribution in [3.8, 4) is 0 Å². The van der Waals surface area contributed by atoms with Gasteiger partial charge in [-0.1, -0.05) is 31.2 Å². The van der Waals surface area contributed by atoms with Crippen LogP contribution in [-0.2, 0) is 9.84 Å². The topological polar surface area (TPSA) is 83.7 Å². The molecule has 0 bridgehead atoms. The summed E-state index contributed by atoms with van der Waals surface area (Å²) in [5.41, 5.74) is 1.77. The maximum absolute atomic E-state index is 13.0. The third-order valence-electron chi connectivity index (χ3n) is 4.95. The molecule has 1 aliphatic heterocycles. The zero-order valence-corrected chi connectivity index (χ0v) is 16.4. The molecule has 0 radical (unpaired) electrons. The number of anilines is 1. The molecule has 4 rings (SSSR count). The van der Waals surface area contributed by atoms with E-state index in [1.807, 2.05) is 29.2 Å². The molecule has 7 nitrogen and oxygen atoms in total. The number of nitrogens with zero attached hydrogens (tertiary/aromatic N) is 3. The molecule has 28 heavy (non-hydrogen) atoms. The van der Waals surface area contributed by atoms with Crippen LogP contribution < -0.4 is 4.90 Å². The van der Waals surface area contributed by atoms with Crippen LogP contribution in [0.4, 0.5) is 6.01 Å². The van der Waals surface area contributed by atoms with Crippen LogP contribution in [0.25, 0.3) is 11.1 Å². The molecule has 0 spiro atoms. The van der Waals surface area contributed by atoms with E-state index in [2.05, 4.69) is 4.98 Å². The summed E-state index contributed by atoms with van der Waals surface area (Å²) in [7, 11) is -3.46. The predicted octanol–water partition coefficient (Wildman–Crippen LogP) is 2.58. The summed E-state index contributed by atoms with van der Waals surface area (Å²) < 4.78 is 30.5. The Morgan fingerprint density at radius 1 is 1.04 bits per heavy atom. The van der Waals surface area contributed by atoms with Crippen LogP contribution in [-0.4, -0.2) is 56.1 Å². The molecule has 0 atom stereocenters. The summed E-state index contributed by atoms with van der Waals surface area (Å²) in [5, 5.41) is 0. The molecule has 1 saturated heterocycles. The summed E-state index contributed by atoms with van der Waals surface area (Å²) in [6.07, 6.45) is 0. The second-order valence-electron chi connectivity index (χ2n) is 6.64. The Bertz CT molecular complexity index is 1080. The van der Waals surface area contributed by atoms with E-state index in [9.17, 15) is 13.2 Å². The molecular weight excluding hydrogens is 378 g/mol. The molecule has 146 valence electrons. The van der Waals surface area contributed by atoms with E-state index in [1.165, 1.54) is 6.07 Å². The van der Waals surface area contributed by atoms with E-state index in [0.29, 0.717) is 32.2 Å². The fraction of sp³-hybridized carbons (Fsp3) is 0.300. The van der Waals surface area contributed by atoms with E-state index in [4.69, 9.17) is 4.42 Å². The Morgan fingerprint density at radius 3 is 2.43 bits per heavy atom. The van der Waals surface area contributed by atoms with Crippen molar-refractivity contribution in [3.63, 3.8) is 0 Å². The van der Waals surface area contributed by atoms with Gasteiger partial charge in [0, 0.05) is 26.2 Å². The van der Waals surface area contributed by atoms with Crippen molar-refractivity contribution in [2.24, 2.45) is 0 Å². The molecule has 1 amide bonds. The number of carbonyl (C=O) groups is 1.